The minimum absolute atomic E-state index is 0. The van der Waals surface area contributed by atoms with Gasteiger partial charge in [0, 0.05) is 17.6 Å². The third-order valence-corrected chi connectivity index (χ3v) is 4.04. The van der Waals surface area contributed by atoms with Crippen molar-refractivity contribution in [3.05, 3.63) is 28.7 Å². The zero-order chi connectivity index (χ0) is 10.6. The standard InChI is InChI=1S/C8H11BrN2O2S.ClH/c9-7-3-1-2-4-8(7)14(12,13)11-6-5-10;/h1-4,11H,5-6,10H2;1H. The summed E-state index contributed by atoms with van der Waals surface area (Å²) in [6.45, 7) is 0.521. The third-order valence-electron chi connectivity index (χ3n) is 1.56. The Kier molecular flexibility index (Phi) is 6.38. The molecule has 0 aliphatic rings. The Morgan fingerprint density at radius 1 is 1.33 bits per heavy atom. The van der Waals surface area contributed by atoms with E-state index in [-0.39, 0.29) is 30.4 Å². The van der Waals surface area contributed by atoms with Crippen LogP contribution in [0, 0.1) is 0 Å². The van der Waals surface area contributed by atoms with Crippen LogP contribution in [0.1, 0.15) is 0 Å². The van der Waals surface area contributed by atoms with Gasteiger partial charge in [0.2, 0.25) is 10.0 Å². The van der Waals surface area contributed by atoms with E-state index in [2.05, 4.69) is 20.7 Å². The summed E-state index contributed by atoms with van der Waals surface area (Å²) in [6.07, 6.45) is 0. The Balaban J connectivity index is 0.00000196. The molecule has 15 heavy (non-hydrogen) atoms. The first-order valence-corrected chi connectivity index (χ1v) is 6.30. The first-order valence-electron chi connectivity index (χ1n) is 4.02. The number of halogens is 2. The monoisotopic (exact) mass is 314 g/mol. The van der Waals surface area contributed by atoms with Crippen molar-refractivity contribution in [1.82, 2.24) is 4.72 Å². The van der Waals surface area contributed by atoms with E-state index in [9.17, 15) is 8.42 Å². The van der Waals surface area contributed by atoms with Crippen LogP contribution in [0.5, 0.6) is 0 Å². The van der Waals surface area contributed by atoms with E-state index >= 15 is 0 Å². The summed E-state index contributed by atoms with van der Waals surface area (Å²) in [5.41, 5.74) is 5.21. The normalized spacial score (nSPS) is 10.8. The Morgan fingerprint density at radius 3 is 2.47 bits per heavy atom. The van der Waals surface area contributed by atoms with Gasteiger partial charge in [0.05, 0.1) is 4.90 Å². The van der Waals surface area contributed by atoms with Crippen molar-refractivity contribution < 1.29 is 8.42 Å². The molecule has 0 bridgehead atoms. The highest BCUT2D eigenvalue weighted by Gasteiger charge is 2.15. The minimum Gasteiger partial charge on any atom is -0.329 e. The maximum Gasteiger partial charge on any atom is 0.241 e. The van der Waals surface area contributed by atoms with Crippen molar-refractivity contribution in [1.29, 1.82) is 0 Å². The second-order valence-corrected chi connectivity index (χ2v) is 5.21. The fourth-order valence-corrected chi connectivity index (χ4v) is 2.98. The maximum atomic E-state index is 11.6. The second-order valence-electron chi connectivity index (χ2n) is 2.62. The van der Waals surface area contributed by atoms with Gasteiger partial charge in [0.15, 0.2) is 0 Å². The number of benzene rings is 1. The highest BCUT2D eigenvalue weighted by atomic mass is 79.9. The van der Waals surface area contributed by atoms with Crippen LogP contribution in [-0.4, -0.2) is 21.5 Å². The van der Waals surface area contributed by atoms with Crippen LogP contribution in [0.4, 0.5) is 0 Å². The molecule has 0 saturated heterocycles. The van der Waals surface area contributed by atoms with Crippen LogP contribution in [0.3, 0.4) is 0 Å². The van der Waals surface area contributed by atoms with Crippen LogP contribution < -0.4 is 10.5 Å². The zero-order valence-corrected chi connectivity index (χ0v) is 11.0. The van der Waals surface area contributed by atoms with Gasteiger partial charge in [-0.15, -0.1) is 12.4 Å². The molecule has 0 aromatic heterocycles. The molecule has 0 aliphatic carbocycles. The number of nitrogens with one attached hydrogen (secondary N) is 1. The molecular formula is C8H12BrClN2O2S. The molecule has 0 unspecified atom stereocenters. The molecule has 0 atom stereocenters. The predicted octanol–water partition coefficient (Wildman–Crippen LogP) is 1.11. The van der Waals surface area contributed by atoms with Gasteiger partial charge in [-0.25, -0.2) is 13.1 Å². The fraction of sp³-hybridized carbons (Fsp3) is 0.250. The van der Waals surface area contributed by atoms with Gasteiger partial charge < -0.3 is 5.73 Å². The van der Waals surface area contributed by atoms with Crippen molar-refractivity contribution >= 4 is 38.4 Å². The minimum atomic E-state index is -3.43. The Labute approximate surface area is 104 Å². The van der Waals surface area contributed by atoms with Crippen LogP contribution in [-0.2, 0) is 10.0 Å². The fourth-order valence-electron chi connectivity index (χ4n) is 0.934. The third kappa shape index (κ3) is 4.08. The van der Waals surface area contributed by atoms with E-state index in [1.54, 1.807) is 18.2 Å². The number of sulfonamides is 1. The van der Waals surface area contributed by atoms with Crippen LogP contribution in [0.2, 0.25) is 0 Å². The second kappa shape index (κ2) is 6.44. The lowest BCUT2D eigenvalue weighted by Crippen LogP contribution is -2.29. The lowest BCUT2D eigenvalue weighted by atomic mass is 10.4. The molecule has 1 aromatic rings. The van der Waals surface area contributed by atoms with Crippen molar-refractivity contribution in [2.24, 2.45) is 5.73 Å². The van der Waals surface area contributed by atoms with Gasteiger partial charge in [0.1, 0.15) is 0 Å². The van der Waals surface area contributed by atoms with Crippen molar-refractivity contribution in [2.45, 2.75) is 4.90 Å². The van der Waals surface area contributed by atoms with Crippen LogP contribution in [0.15, 0.2) is 33.6 Å². The molecule has 0 saturated carbocycles. The summed E-state index contributed by atoms with van der Waals surface area (Å²) in [5.74, 6) is 0. The van der Waals surface area contributed by atoms with Gasteiger partial charge in [-0.3, -0.25) is 0 Å². The first-order chi connectivity index (χ1) is 6.58. The van der Waals surface area contributed by atoms with Crippen LogP contribution >= 0.6 is 28.3 Å². The highest BCUT2D eigenvalue weighted by Crippen LogP contribution is 2.20. The molecule has 0 spiro atoms. The molecule has 1 aromatic carbocycles. The average molecular weight is 316 g/mol. The van der Waals surface area contributed by atoms with E-state index in [1.165, 1.54) is 6.07 Å². The molecule has 1 rings (SSSR count). The molecule has 86 valence electrons. The molecule has 3 N–H and O–H groups in total. The predicted molar refractivity (Wildman–Crippen MR) is 65.6 cm³/mol. The smallest absolute Gasteiger partial charge is 0.241 e. The molecule has 0 heterocycles. The molecule has 0 radical (unpaired) electrons. The Hall–Kier alpha value is -0.140. The largest absolute Gasteiger partial charge is 0.329 e. The average Bonchev–Trinajstić information content (AvgIpc) is 2.15. The number of hydrogen-bond donors (Lipinski definition) is 2. The van der Waals surface area contributed by atoms with Crippen molar-refractivity contribution in [2.75, 3.05) is 13.1 Å². The van der Waals surface area contributed by atoms with Gasteiger partial charge in [-0.1, -0.05) is 12.1 Å². The van der Waals surface area contributed by atoms with E-state index in [0.29, 0.717) is 4.47 Å². The lowest BCUT2D eigenvalue weighted by molar-refractivity contribution is 0.581. The van der Waals surface area contributed by atoms with Gasteiger partial charge >= 0.3 is 0 Å². The van der Waals surface area contributed by atoms with Crippen molar-refractivity contribution in [3.63, 3.8) is 0 Å². The zero-order valence-electron chi connectivity index (χ0n) is 7.81. The van der Waals surface area contributed by atoms with E-state index in [0.717, 1.165) is 0 Å². The van der Waals surface area contributed by atoms with Crippen LogP contribution in [0.25, 0.3) is 0 Å². The lowest BCUT2D eigenvalue weighted by Gasteiger charge is -2.06. The summed E-state index contributed by atoms with van der Waals surface area (Å²) in [6, 6.07) is 6.63. The summed E-state index contributed by atoms with van der Waals surface area (Å²) in [5, 5.41) is 0. The molecule has 0 aliphatic heterocycles. The SMILES string of the molecule is Cl.NCCNS(=O)(=O)c1ccccc1Br. The van der Waals surface area contributed by atoms with E-state index in [1.807, 2.05) is 0 Å². The maximum absolute atomic E-state index is 11.6. The van der Waals surface area contributed by atoms with Gasteiger partial charge in [-0.2, -0.15) is 0 Å². The summed E-state index contributed by atoms with van der Waals surface area (Å²) >= 11 is 3.17. The highest BCUT2D eigenvalue weighted by molar-refractivity contribution is 9.10. The Bertz CT molecular complexity index is 411. The molecule has 0 amide bonds. The van der Waals surface area contributed by atoms with Gasteiger partial charge in [-0.05, 0) is 28.1 Å². The van der Waals surface area contributed by atoms with E-state index in [4.69, 9.17) is 5.73 Å². The molecule has 7 heteroatoms. The summed E-state index contributed by atoms with van der Waals surface area (Å²) < 4.78 is 26.2. The summed E-state index contributed by atoms with van der Waals surface area (Å²) in [4.78, 5) is 0.230. The topological polar surface area (TPSA) is 72.2 Å². The quantitative estimate of drug-likeness (QED) is 0.874. The number of nitrogens with two attached hydrogens (primary N) is 1. The molecule has 0 fully saturated rings. The van der Waals surface area contributed by atoms with Crippen molar-refractivity contribution in [3.8, 4) is 0 Å². The molecule has 4 nitrogen and oxygen atoms in total. The van der Waals surface area contributed by atoms with Gasteiger partial charge in [0.25, 0.3) is 0 Å². The Morgan fingerprint density at radius 2 is 1.93 bits per heavy atom. The molecular weight excluding hydrogens is 304 g/mol. The summed E-state index contributed by atoms with van der Waals surface area (Å²) in [7, 11) is -3.43. The number of hydrogen-bond acceptors (Lipinski definition) is 3. The number of rotatable bonds is 4. The van der Waals surface area contributed by atoms with E-state index < -0.39 is 10.0 Å². The first kappa shape index (κ1) is 14.9.